The van der Waals surface area contributed by atoms with Gasteiger partial charge in [0, 0.05) is 19.7 Å². The monoisotopic (exact) mass is 228 g/mol. The van der Waals surface area contributed by atoms with Crippen LogP contribution in [-0.4, -0.2) is 43.2 Å². The zero-order valence-electron chi connectivity index (χ0n) is 10.6. The molecular weight excluding hydrogens is 204 g/mol. The van der Waals surface area contributed by atoms with Crippen molar-refractivity contribution in [3.8, 4) is 0 Å². The minimum Gasteiger partial charge on any atom is -0.383 e. The molecule has 16 heavy (non-hydrogen) atoms. The van der Waals surface area contributed by atoms with Gasteiger partial charge in [0.2, 0.25) is 5.91 Å². The van der Waals surface area contributed by atoms with Gasteiger partial charge in [0.15, 0.2) is 0 Å². The first-order chi connectivity index (χ1) is 7.61. The molecule has 0 aliphatic heterocycles. The Morgan fingerprint density at radius 3 is 2.69 bits per heavy atom. The Labute approximate surface area is 98.1 Å². The van der Waals surface area contributed by atoms with Gasteiger partial charge in [-0.3, -0.25) is 4.79 Å². The second kappa shape index (κ2) is 6.21. The number of ether oxygens (including phenoxy) is 1. The third kappa shape index (κ3) is 2.95. The third-order valence-corrected chi connectivity index (χ3v) is 3.45. The van der Waals surface area contributed by atoms with E-state index in [1.807, 2.05) is 18.7 Å². The van der Waals surface area contributed by atoms with Crippen molar-refractivity contribution in [2.75, 3.05) is 20.3 Å². The van der Waals surface area contributed by atoms with Crippen LogP contribution in [0.3, 0.4) is 0 Å². The Kier molecular flexibility index (Phi) is 5.22. The summed E-state index contributed by atoms with van der Waals surface area (Å²) < 4.78 is 5.10. The average Bonchev–Trinajstić information content (AvgIpc) is 2.65. The fraction of sp³-hybridized carbons (Fsp3) is 0.917. The number of amides is 1. The largest absolute Gasteiger partial charge is 0.383 e. The molecule has 94 valence electrons. The van der Waals surface area contributed by atoms with Crippen LogP contribution < -0.4 is 5.73 Å². The van der Waals surface area contributed by atoms with E-state index in [4.69, 9.17) is 10.5 Å². The van der Waals surface area contributed by atoms with Gasteiger partial charge in [-0.05, 0) is 26.7 Å². The number of nitrogens with zero attached hydrogens (tertiary/aromatic N) is 1. The van der Waals surface area contributed by atoms with Gasteiger partial charge in [0.05, 0.1) is 18.6 Å². The number of hydrogen-bond donors (Lipinski definition) is 1. The second-order valence-corrected chi connectivity index (χ2v) is 4.63. The van der Waals surface area contributed by atoms with Crippen molar-refractivity contribution in [1.82, 2.24) is 4.90 Å². The van der Waals surface area contributed by atoms with Crippen molar-refractivity contribution in [3.05, 3.63) is 0 Å². The molecule has 0 bridgehead atoms. The predicted octanol–water partition coefficient (Wildman–Crippen LogP) is 0.997. The summed E-state index contributed by atoms with van der Waals surface area (Å²) in [5.41, 5.74) is 5.97. The van der Waals surface area contributed by atoms with Crippen LogP contribution in [0, 0.1) is 5.92 Å². The average molecular weight is 228 g/mol. The maximum absolute atomic E-state index is 12.3. The minimum absolute atomic E-state index is 0.0271. The standard InChI is InChI=1S/C12H24N2O2/c1-4-14(9(2)8-16-3)12(15)10-6-5-7-11(10)13/h9-11H,4-8,13H2,1-3H3. The first kappa shape index (κ1) is 13.5. The molecule has 0 spiro atoms. The second-order valence-electron chi connectivity index (χ2n) is 4.63. The van der Waals surface area contributed by atoms with E-state index < -0.39 is 0 Å². The molecule has 0 radical (unpaired) electrons. The molecule has 1 aliphatic carbocycles. The van der Waals surface area contributed by atoms with Crippen LogP contribution in [0.4, 0.5) is 0 Å². The highest BCUT2D eigenvalue weighted by atomic mass is 16.5. The summed E-state index contributed by atoms with van der Waals surface area (Å²) in [5.74, 6) is 0.233. The number of methoxy groups -OCH3 is 1. The highest BCUT2D eigenvalue weighted by Crippen LogP contribution is 2.26. The molecule has 1 fully saturated rings. The van der Waals surface area contributed by atoms with E-state index in [1.54, 1.807) is 7.11 Å². The summed E-state index contributed by atoms with van der Waals surface area (Å²) in [4.78, 5) is 14.2. The molecule has 1 aliphatic rings. The molecule has 4 heteroatoms. The Hall–Kier alpha value is -0.610. The van der Waals surface area contributed by atoms with E-state index in [0.717, 1.165) is 25.8 Å². The molecule has 3 unspecified atom stereocenters. The Morgan fingerprint density at radius 2 is 2.25 bits per heavy atom. The summed E-state index contributed by atoms with van der Waals surface area (Å²) in [6.07, 6.45) is 3.00. The Morgan fingerprint density at radius 1 is 1.56 bits per heavy atom. The topological polar surface area (TPSA) is 55.6 Å². The molecule has 2 N–H and O–H groups in total. The quantitative estimate of drug-likeness (QED) is 0.763. The molecule has 3 atom stereocenters. The van der Waals surface area contributed by atoms with Crippen LogP contribution in [0.2, 0.25) is 0 Å². The van der Waals surface area contributed by atoms with Gasteiger partial charge in [-0.1, -0.05) is 6.42 Å². The van der Waals surface area contributed by atoms with E-state index in [1.165, 1.54) is 0 Å². The lowest BCUT2D eigenvalue weighted by molar-refractivity contribution is -0.138. The van der Waals surface area contributed by atoms with E-state index in [2.05, 4.69) is 0 Å². The molecule has 1 rings (SSSR count). The highest BCUT2D eigenvalue weighted by molar-refractivity contribution is 5.80. The fourth-order valence-corrected chi connectivity index (χ4v) is 2.52. The lowest BCUT2D eigenvalue weighted by Gasteiger charge is -2.31. The molecule has 0 heterocycles. The summed E-state index contributed by atoms with van der Waals surface area (Å²) in [7, 11) is 1.66. The van der Waals surface area contributed by atoms with E-state index >= 15 is 0 Å². The predicted molar refractivity (Wildman–Crippen MR) is 64.0 cm³/mol. The Bertz CT molecular complexity index is 233. The van der Waals surface area contributed by atoms with Gasteiger partial charge in [-0.15, -0.1) is 0 Å². The van der Waals surface area contributed by atoms with Crippen LogP contribution in [-0.2, 0) is 9.53 Å². The van der Waals surface area contributed by atoms with Crippen LogP contribution in [0.15, 0.2) is 0 Å². The number of hydrogen-bond acceptors (Lipinski definition) is 3. The van der Waals surface area contributed by atoms with Crippen LogP contribution in [0.5, 0.6) is 0 Å². The molecular formula is C12H24N2O2. The summed E-state index contributed by atoms with van der Waals surface area (Å²) in [6.45, 7) is 5.34. The van der Waals surface area contributed by atoms with Crippen LogP contribution >= 0.6 is 0 Å². The van der Waals surface area contributed by atoms with Crippen molar-refractivity contribution in [3.63, 3.8) is 0 Å². The SMILES string of the molecule is CCN(C(=O)C1CCCC1N)C(C)COC. The fourth-order valence-electron chi connectivity index (χ4n) is 2.52. The number of likely N-dealkylation sites (N-methyl/N-ethyl adjacent to an activating group) is 1. The molecule has 0 aromatic rings. The van der Waals surface area contributed by atoms with Gasteiger partial charge >= 0.3 is 0 Å². The van der Waals surface area contributed by atoms with Gasteiger partial charge in [0.25, 0.3) is 0 Å². The van der Waals surface area contributed by atoms with Crippen molar-refractivity contribution >= 4 is 5.91 Å². The van der Waals surface area contributed by atoms with E-state index in [9.17, 15) is 4.79 Å². The molecule has 0 aromatic carbocycles. The summed E-state index contributed by atoms with van der Waals surface area (Å²) in [6, 6.07) is 0.187. The Balaban J connectivity index is 2.61. The van der Waals surface area contributed by atoms with Gasteiger partial charge in [0.1, 0.15) is 0 Å². The maximum atomic E-state index is 12.3. The maximum Gasteiger partial charge on any atom is 0.227 e. The van der Waals surface area contributed by atoms with Crippen molar-refractivity contribution < 1.29 is 9.53 Å². The van der Waals surface area contributed by atoms with Crippen LogP contribution in [0.25, 0.3) is 0 Å². The highest BCUT2D eigenvalue weighted by Gasteiger charge is 2.34. The number of nitrogens with two attached hydrogens (primary N) is 1. The lowest BCUT2D eigenvalue weighted by Crippen LogP contribution is -2.47. The first-order valence-electron chi connectivity index (χ1n) is 6.16. The smallest absolute Gasteiger partial charge is 0.227 e. The van der Waals surface area contributed by atoms with Crippen molar-refractivity contribution in [2.45, 2.75) is 45.2 Å². The summed E-state index contributed by atoms with van der Waals surface area (Å²) >= 11 is 0. The molecule has 0 aromatic heterocycles. The zero-order valence-corrected chi connectivity index (χ0v) is 10.6. The van der Waals surface area contributed by atoms with Crippen molar-refractivity contribution in [1.29, 1.82) is 0 Å². The van der Waals surface area contributed by atoms with Crippen molar-refractivity contribution in [2.24, 2.45) is 11.7 Å². The minimum atomic E-state index is 0.0271. The normalized spacial score (nSPS) is 26.8. The number of rotatable bonds is 5. The first-order valence-corrected chi connectivity index (χ1v) is 6.16. The van der Waals surface area contributed by atoms with E-state index in [-0.39, 0.29) is 23.9 Å². The van der Waals surface area contributed by atoms with Gasteiger partial charge in [-0.2, -0.15) is 0 Å². The zero-order chi connectivity index (χ0) is 12.1. The summed E-state index contributed by atoms with van der Waals surface area (Å²) in [5, 5.41) is 0. The van der Waals surface area contributed by atoms with E-state index in [0.29, 0.717) is 6.61 Å². The lowest BCUT2D eigenvalue weighted by atomic mass is 10.0. The third-order valence-electron chi connectivity index (χ3n) is 3.45. The van der Waals surface area contributed by atoms with Crippen LogP contribution in [0.1, 0.15) is 33.1 Å². The molecule has 4 nitrogen and oxygen atoms in total. The van der Waals surface area contributed by atoms with Gasteiger partial charge in [-0.25, -0.2) is 0 Å². The number of carbonyl (C=O) groups is 1. The number of carbonyl (C=O) groups excluding carboxylic acids is 1. The molecule has 1 amide bonds. The molecule has 1 saturated carbocycles. The van der Waals surface area contributed by atoms with Gasteiger partial charge < -0.3 is 15.4 Å². The molecule has 0 saturated heterocycles.